The van der Waals surface area contributed by atoms with Crippen molar-refractivity contribution in [1.29, 1.82) is 0 Å². The number of hydrogen-bond acceptors (Lipinski definition) is 4. The first kappa shape index (κ1) is 10.4. The van der Waals surface area contributed by atoms with Crippen LogP contribution in [-0.2, 0) is 0 Å². The molecule has 0 bridgehead atoms. The molecule has 15 heavy (non-hydrogen) atoms. The predicted octanol–water partition coefficient (Wildman–Crippen LogP) is 3.27. The second-order valence-electron chi connectivity index (χ2n) is 3.27. The third-order valence-electron chi connectivity index (χ3n) is 2.17. The summed E-state index contributed by atoms with van der Waals surface area (Å²) in [7, 11) is 1.92. The Hall–Kier alpha value is -1.13. The lowest BCUT2D eigenvalue weighted by molar-refractivity contribution is 1.16. The van der Waals surface area contributed by atoms with Crippen LogP contribution < -0.4 is 4.90 Å². The first-order valence-electron chi connectivity index (χ1n) is 4.47. The molecule has 1 heterocycles. The molecule has 0 amide bonds. The molecule has 5 heteroatoms. The van der Waals surface area contributed by atoms with E-state index in [9.17, 15) is 0 Å². The van der Waals surface area contributed by atoms with Crippen LogP contribution in [0.25, 0.3) is 0 Å². The minimum Gasteiger partial charge on any atom is -0.326 e. The molecule has 2 aromatic rings. The Kier molecular flexibility index (Phi) is 2.88. The maximum atomic E-state index is 5.91. The summed E-state index contributed by atoms with van der Waals surface area (Å²) in [4.78, 5) is 1.92. The molecule has 1 aromatic heterocycles. The van der Waals surface area contributed by atoms with E-state index in [-0.39, 0.29) is 0 Å². The highest BCUT2D eigenvalue weighted by Gasteiger charge is 2.11. The van der Waals surface area contributed by atoms with Crippen LogP contribution in [0.15, 0.2) is 24.3 Å². The highest BCUT2D eigenvalue weighted by Crippen LogP contribution is 2.28. The van der Waals surface area contributed by atoms with Gasteiger partial charge in [0, 0.05) is 12.7 Å². The third kappa shape index (κ3) is 2.11. The molecular formula is C10H10ClN3S. The zero-order chi connectivity index (χ0) is 10.8. The van der Waals surface area contributed by atoms with Gasteiger partial charge < -0.3 is 4.90 Å². The lowest BCUT2D eigenvalue weighted by Crippen LogP contribution is -2.09. The summed E-state index contributed by atoms with van der Waals surface area (Å²) < 4.78 is 8.07. The number of benzene rings is 1. The summed E-state index contributed by atoms with van der Waals surface area (Å²) in [6.45, 7) is 2.06. The van der Waals surface area contributed by atoms with Crippen LogP contribution in [0.2, 0.25) is 5.15 Å². The normalized spacial score (nSPS) is 10.3. The third-order valence-corrected chi connectivity index (χ3v) is 3.04. The first-order chi connectivity index (χ1) is 7.18. The van der Waals surface area contributed by atoms with Crippen molar-refractivity contribution in [2.24, 2.45) is 0 Å². The molecule has 1 aromatic carbocycles. The molecule has 0 radical (unpaired) electrons. The summed E-state index contributed by atoms with van der Waals surface area (Å²) >= 11 is 7.03. The fourth-order valence-corrected chi connectivity index (χ4v) is 2.06. The van der Waals surface area contributed by atoms with Gasteiger partial charge in [0.2, 0.25) is 0 Å². The lowest BCUT2D eigenvalue weighted by atomic mass is 10.2. The van der Waals surface area contributed by atoms with Crippen molar-refractivity contribution in [2.75, 3.05) is 11.9 Å². The van der Waals surface area contributed by atoms with E-state index < -0.39 is 0 Å². The van der Waals surface area contributed by atoms with Gasteiger partial charge in [0.1, 0.15) is 0 Å². The van der Waals surface area contributed by atoms with E-state index >= 15 is 0 Å². The Morgan fingerprint density at radius 2 is 1.87 bits per heavy atom. The number of halogens is 1. The molecule has 0 aliphatic heterocycles. The molecule has 0 aliphatic rings. The van der Waals surface area contributed by atoms with Gasteiger partial charge in [-0.25, -0.2) is 0 Å². The van der Waals surface area contributed by atoms with Gasteiger partial charge in [-0.3, -0.25) is 0 Å². The van der Waals surface area contributed by atoms with Crippen molar-refractivity contribution in [3.63, 3.8) is 0 Å². The molecule has 0 atom stereocenters. The lowest BCUT2D eigenvalue weighted by Gasteiger charge is -2.16. The summed E-state index contributed by atoms with van der Waals surface area (Å²) in [5, 5.41) is 0.447. The molecular weight excluding hydrogens is 230 g/mol. The second kappa shape index (κ2) is 4.16. The molecule has 3 nitrogen and oxygen atoms in total. The van der Waals surface area contributed by atoms with Crippen LogP contribution in [0.5, 0.6) is 0 Å². The molecule has 0 unspecified atom stereocenters. The van der Waals surface area contributed by atoms with Crippen molar-refractivity contribution < 1.29 is 0 Å². The van der Waals surface area contributed by atoms with Gasteiger partial charge in [-0.2, -0.15) is 8.75 Å². The van der Waals surface area contributed by atoms with Crippen molar-refractivity contribution in [1.82, 2.24) is 8.75 Å². The summed E-state index contributed by atoms with van der Waals surface area (Å²) in [5.74, 6) is 0.700. The SMILES string of the molecule is Cc1ccc(N(C)c2nsnc2Cl)cc1. The number of nitrogens with zero attached hydrogens (tertiary/aromatic N) is 3. The molecule has 0 fully saturated rings. The Morgan fingerprint density at radius 3 is 2.40 bits per heavy atom. The predicted molar refractivity (Wildman–Crippen MR) is 64.2 cm³/mol. The van der Waals surface area contributed by atoms with Gasteiger partial charge in [0.25, 0.3) is 0 Å². The summed E-state index contributed by atoms with van der Waals surface area (Å²) in [6.07, 6.45) is 0. The fourth-order valence-electron chi connectivity index (χ4n) is 1.26. The highest BCUT2D eigenvalue weighted by molar-refractivity contribution is 6.99. The van der Waals surface area contributed by atoms with Crippen LogP contribution in [0.1, 0.15) is 5.56 Å². The zero-order valence-electron chi connectivity index (χ0n) is 8.44. The molecule has 0 saturated carbocycles. The quantitative estimate of drug-likeness (QED) is 0.806. The Labute approximate surface area is 97.6 Å². The van der Waals surface area contributed by atoms with Gasteiger partial charge in [0.15, 0.2) is 11.0 Å². The van der Waals surface area contributed by atoms with Gasteiger partial charge in [-0.05, 0) is 19.1 Å². The van der Waals surface area contributed by atoms with Crippen LogP contribution in [0.3, 0.4) is 0 Å². The van der Waals surface area contributed by atoms with E-state index in [1.807, 2.05) is 24.1 Å². The average molecular weight is 240 g/mol. The monoisotopic (exact) mass is 239 g/mol. The maximum absolute atomic E-state index is 5.91. The Bertz CT molecular complexity index is 452. The van der Waals surface area contributed by atoms with Gasteiger partial charge in [-0.1, -0.05) is 29.3 Å². The second-order valence-corrected chi connectivity index (χ2v) is 4.16. The number of aromatic nitrogens is 2. The number of hydrogen-bond donors (Lipinski definition) is 0. The van der Waals surface area contributed by atoms with Crippen LogP contribution in [0, 0.1) is 6.92 Å². The van der Waals surface area contributed by atoms with Crippen LogP contribution in [0.4, 0.5) is 11.5 Å². The van der Waals surface area contributed by atoms with E-state index in [1.165, 1.54) is 5.56 Å². The van der Waals surface area contributed by atoms with Crippen molar-refractivity contribution in [2.45, 2.75) is 6.92 Å². The maximum Gasteiger partial charge on any atom is 0.187 e. The Balaban J connectivity index is 2.32. The van der Waals surface area contributed by atoms with E-state index in [0.717, 1.165) is 17.4 Å². The zero-order valence-corrected chi connectivity index (χ0v) is 10.0. The van der Waals surface area contributed by atoms with Gasteiger partial charge in [-0.15, -0.1) is 0 Å². The first-order valence-corrected chi connectivity index (χ1v) is 5.58. The summed E-state index contributed by atoms with van der Waals surface area (Å²) in [6, 6.07) is 8.18. The number of rotatable bonds is 2. The van der Waals surface area contributed by atoms with Crippen LogP contribution in [-0.4, -0.2) is 15.8 Å². The smallest absolute Gasteiger partial charge is 0.187 e. The van der Waals surface area contributed by atoms with E-state index in [0.29, 0.717) is 11.0 Å². The molecule has 2 rings (SSSR count). The van der Waals surface area contributed by atoms with Crippen LogP contribution >= 0.6 is 23.3 Å². The standard InChI is InChI=1S/C10H10ClN3S/c1-7-3-5-8(6-4-7)14(2)10-9(11)12-15-13-10/h3-6H,1-2H3. The molecule has 0 aliphatic carbocycles. The van der Waals surface area contributed by atoms with Crippen molar-refractivity contribution in [3.05, 3.63) is 35.0 Å². The summed E-state index contributed by atoms with van der Waals surface area (Å²) in [5.41, 5.74) is 2.28. The minimum atomic E-state index is 0.447. The molecule has 0 N–H and O–H groups in total. The fraction of sp³-hybridized carbons (Fsp3) is 0.200. The molecule has 0 spiro atoms. The van der Waals surface area contributed by atoms with E-state index in [1.54, 1.807) is 0 Å². The number of anilines is 2. The van der Waals surface area contributed by atoms with E-state index in [2.05, 4.69) is 27.8 Å². The highest BCUT2D eigenvalue weighted by atomic mass is 35.5. The largest absolute Gasteiger partial charge is 0.326 e. The molecule has 78 valence electrons. The topological polar surface area (TPSA) is 29.0 Å². The van der Waals surface area contributed by atoms with E-state index in [4.69, 9.17) is 11.6 Å². The average Bonchev–Trinajstić information content (AvgIpc) is 2.65. The van der Waals surface area contributed by atoms with Gasteiger partial charge >= 0.3 is 0 Å². The van der Waals surface area contributed by atoms with Crippen molar-refractivity contribution in [3.8, 4) is 0 Å². The number of aryl methyl sites for hydroxylation is 1. The Morgan fingerprint density at radius 1 is 1.20 bits per heavy atom. The van der Waals surface area contributed by atoms with Crippen molar-refractivity contribution >= 4 is 34.8 Å². The minimum absolute atomic E-state index is 0.447. The van der Waals surface area contributed by atoms with Gasteiger partial charge in [0.05, 0.1) is 11.7 Å². The molecule has 0 saturated heterocycles.